The number of phenols is 2. The summed E-state index contributed by atoms with van der Waals surface area (Å²) in [6.07, 6.45) is 5.69. The predicted molar refractivity (Wildman–Crippen MR) is 128 cm³/mol. The fraction of sp³-hybridized carbons (Fsp3) is 0.360. The highest BCUT2D eigenvalue weighted by Crippen LogP contribution is 2.42. The number of aromatic nitrogens is 2. The van der Waals surface area contributed by atoms with Crippen LogP contribution in [0.15, 0.2) is 36.7 Å². The molecule has 2 aromatic heterocycles. The Labute approximate surface area is 183 Å². The van der Waals surface area contributed by atoms with Gasteiger partial charge in [-0.25, -0.2) is 0 Å². The van der Waals surface area contributed by atoms with Crippen LogP contribution >= 0.6 is 0 Å². The molecule has 0 aliphatic rings. The number of rotatable bonds is 7. The SMILES string of the molecule is CN(C)CCc1c[nH]c2c(-c3ccc4[nH]cc(CC[N+](C)(C)C)c4c3O)ccc(O)c12. The molecule has 4 N–H and O–H groups in total. The van der Waals surface area contributed by atoms with Gasteiger partial charge in [-0.2, -0.15) is 0 Å². The number of aromatic amines is 2. The van der Waals surface area contributed by atoms with Gasteiger partial charge >= 0.3 is 0 Å². The molecule has 4 rings (SSSR count). The molecule has 0 fully saturated rings. The number of likely N-dealkylation sites (N-methyl/N-ethyl adjacent to an activating group) is 2. The smallest absolute Gasteiger partial charge is 0.133 e. The molecule has 0 spiro atoms. The van der Waals surface area contributed by atoms with Gasteiger partial charge in [0.15, 0.2) is 0 Å². The summed E-state index contributed by atoms with van der Waals surface area (Å²) in [6.45, 7) is 1.87. The van der Waals surface area contributed by atoms with Crippen LogP contribution in [0.5, 0.6) is 11.5 Å². The van der Waals surface area contributed by atoms with Crippen LogP contribution in [0.1, 0.15) is 11.1 Å². The van der Waals surface area contributed by atoms with E-state index in [2.05, 4.69) is 36.0 Å². The Balaban J connectivity index is 1.82. The summed E-state index contributed by atoms with van der Waals surface area (Å²) < 4.78 is 0.865. The first-order valence-corrected chi connectivity index (χ1v) is 10.7. The maximum atomic E-state index is 11.3. The average Bonchev–Trinajstić information content (AvgIpc) is 3.30. The van der Waals surface area contributed by atoms with Crippen LogP contribution in [0.2, 0.25) is 0 Å². The van der Waals surface area contributed by atoms with E-state index >= 15 is 0 Å². The van der Waals surface area contributed by atoms with Gasteiger partial charge in [-0.15, -0.1) is 0 Å². The Bertz CT molecular complexity index is 1230. The van der Waals surface area contributed by atoms with E-state index in [1.165, 1.54) is 0 Å². The lowest BCUT2D eigenvalue weighted by atomic mass is 9.97. The van der Waals surface area contributed by atoms with Crippen molar-refractivity contribution in [3.8, 4) is 22.6 Å². The first kappa shape index (κ1) is 21.3. The topological polar surface area (TPSA) is 75.3 Å². The number of nitrogens with zero attached hydrogens (tertiary/aromatic N) is 2. The van der Waals surface area contributed by atoms with E-state index in [9.17, 15) is 10.2 Å². The van der Waals surface area contributed by atoms with Crippen molar-refractivity contribution >= 4 is 21.8 Å². The number of phenolic OH excluding ortho intramolecular Hbond substituents is 2. The maximum absolute atomic E-state index is 11.3. The van der Waals surface area contributed by atoms with Crippen molar-refractivity contribution in [2.75, 3.05) is 48.3 Å². The van der Waals surface area contributed by atoms with Crippen LogP contribution in [0.25, 0.3) is 32.9 Å². The molecule has 6 heteroatoms. The summed E-state index contributed by atoms with van der Waals surface area (Å²) in [7, 11) is 10.6. The van der Waals surface area contributed by atoms with E-state index in [1.54, 1.807) is 6.07 Å². The third-order valence-corrected chi connectivity index (χ3v) is 5.97. The fourth-order valence-electron chi connectivity index (χ4n) is 4.21. The van der Waals surface area contributed by atoms with E-state index in [1.807, 2.05) is 44.7 Å². The minimum absolute atomic E-state index is 0.264. The van der Waals surface area contributed by atoms with Crippen molar-refractivity contribution in [3.63, 3.8) is 0 Å². The van der Waals surface area contributed by atoms with Gasteiger partial charge in [0.25, 0.3) is 0 Å². The second-order valence-corrected chi connectivity index (χ2v) is 9.71. The lowest BCUT2D eigenvalue weighted by Crippen LogP contribution is -2.36. The summed E-state index contributed by atoms with van der Waals surface area (Å²) in [5, 5.41) is 23.6. The number of aromatic hydroxyl groups is 2. The van der Waals surface area contributed by atoms with Gasteiger partial charge < -0.3 is 29.6 Å². The molecular weight excluding hydrogens is 388 g/mol. The molecule has 4 aromatic rings. The molecule has 0 aliphatic carbocycles. The largest absolute Gasteiger partial charge is 0.507 e. The third-order valence-electron chi connectivity index (χ3n) is 5.97. The second-order valence-electron chi connectivity index (χ2n) is 9.71. The van der Waals surface area contributed by atoms with Gasteiger partial charge in [-0.05, 0) is 55.9 Å². The van der Waals surface area contributed by atoms with E-state index in [0.29, 0.717) is 0 Å². The Morgan fingerprint density at radius 3 is 2.23 bits per heavy atom. The zero-order valence-electron chi connectivity index (χ0n) is 19.1. The number of quaternary nitrogens is 1. The highest BCUT2D eigenvalue weighted by atomic mass is 16.3. The van der Waals surface area contributed by atoms with Crippen molar-refractivity contribution in [2.24, 2.45) is 0 Å². The fourth-order valence-corrected chi connectivity index (χ4v) is 4.21. The maximum Gasteiger partial charge on any atom is 0.133 e. The normalized spacial score (nSPS) is 12.5. The summed E-state index contributed by atoms with van der Waals surface area (Å²) in [6, 6.07) is 7.57. The summed E-state index contributed by atoms with van der Waals surface area (Å²) in [5.41, 5.74) is 5.65. The molecule has 2 aromatic carbocycles. The molecule has 164 valence electrons. The van der Waals surface area contributed by atoms with Crippen molar-refractivity contribution in [3.05, 3.63) is 47.8 Å². The van der Waals surface area contributed by atoms with Crippen LogP contribution in [0.3, 0.4) is 0 Å². The standard InChI is InChI=1S/C25H32N4O2/c1-28(2)12-10-16-15-27-24-18(7-9-21(30)23(16)24)19-6-8-20-22(25(19)31)17(14-26-20)11-13-29(3,4)5/h6-9,14-15,26-27H,10-13H2,1-5H3,(H-,30,31)/p+1. The van der Waals surface area contributed by atoms with Crippen molar-refractivity contribution in [1.29, 1.82) is 0 Å². The molecule has 0 unspecified atom stereocenters. The number of H-pyrrole nitrogens is 2. The summed E-state index contributed by atoms with van der Waals surface area (Å²) in [4.78, 5) is 8.78. The van der Waals surface area contributed by atoms with Gasteiger partial charge in [-0.1, -0.05) is 0 Å². The van der Waals surface area contributed by atoms with Gasteiger partial charge in [0.1, 0.15) is 11.5 Å². The first-order valence-electron chi connectivity index (χ1n) is 10.7. The average molecular weight is 422 g/mol. The first-order chi connectivity index (χ1) is 14.7. The molecule has 0 saturated heterocycles. The van der Waals surface area contributed by atoms with E-state index < -0.39 is 0 Å². The molecular formula is C25H33N4O2+. The molecule has 6 nitrogen and oxygen atoms in total. The number of nitrogens with one attached hydrogen (secondary N) is 2. The minimum atomic E-state index is 0.264. The van der Waals surface area contributed by atoms with E-state index in [-0.39, 0.29) is 11.5 Å². The molecule has 0 atom stereocenters. The molecule has 0 radical (unpaired) electrons. The Kier molecular flexibility index (Phi) is 5.45. The highest BCUT2D eigenvalue weighted by molar-refractivity contribution is 6.04. The molecule has 31 heavy (non-hydrogen) atoms. The number of benzene rings is 2. The number of fused-ring (bicyclic) bond motifs is 2. The zero-order chi connectivity index (χ0) is 22.3. The van der Waals surface area contributed by atoms with Gasteiger partial charge in [-0.3, -0.25) is 0 Å². The van der Waals surface area contributed by atoms with Crippen LogP contribution in [-0.2, 0) is 12.8 Å². The molecule has 0 saturated carbocycles. The zero-order valence-corrected chi connectivity index (χ0v) is 19.1. The van der Waals surface area contributed by atoms with Crippen molar-refractivity contribution in [1.82, 2.24) is 14.9 Å². The lowest BCUT2D eigenvalue weighted by Gasteiger charge is -2.23. The van der Waals surface area contributed by atoms with E-state index in [4.69, 9.17) is 0 Å². The van der Waals surface area contributed by atoms with Crippen molar-refractivity contribution < 1.29 is 14.7 Å². The molecule has 0 amide bonds. The number of hydrogen-bond acceptors (Lipinski definition) is 3. The van der Waals surface area contributed by atoms with Crippen LogP contribution < -0.4 is 0 Å². The van der Waals surface area contributed by atoms with Gasteiger partial charge in [0, 0.05) is 52.8 Å². The Hall–Kier alpha value is -2.96. The quantitative estimate of drug-likeness (QED) is 0.340. The summed E-state index contributed by atoms with van der Waals surface area (Å²) in [5.74, 6) is 0.547. The molecule has 0 aliphatic heterocycles. The van der Waals surface area contributed by atoms with Crippen LogP contribution in [0, 0.1) is 0 Å². The minimum Gasteiger partial charge on any atom is -0.507 e. The highest BCUT2D eigenvalue weighted by Gasteiger charge is 2.19. The van der Waals surface area contributed by atoms with E-state index in [0.717, 1.165) is 74.5 Å². The Morgan fingerprint density at radius 2 is 1.52 bits per heavy atom. The third kappa shape index (κ3) is 4.13. The van der Waals surface area contributed by atoms with Gasteiger partial charge in [0.05, 0.1) is 33.2 Å². The van der Waals surface area contributed by atoms with Crippen molar-refractivity contribution in [2.45, 2.75) is 12.8 Å². The predicted octanol–water partition coefficient (Wildman–Crippen LogP) is 4.08. The Morgan fingerprint density at radius 1 is 0.839 bits per heavy atom. The van der Waals surface area contributed by atoms with Crippen LogP contribution in [-0.4, -0.2) is 77.9 Å². The summed E-state index contributed by atoms with van der Waals surface area (Å²) >= 11 is 0. The monoisotopic (exact) mass is 421 g/mol. The molecule has 0 bridgehead atoms. The number of hydrogen-bond donors (Lipinski definition) is 4. The second kappa shape index (κ2) is 7.94. The van der Waals surface area contributed by atoms with Gasteiger partial charge in [0.2, 0.25) is 0 Å². The van der Waals surface area contributed by atoms with Crippen LogP contribution in [0.4, 0.5) is 0 Å². The lowest BCUT2D eigenvalue weighted by molar-refractivity contribution is -0.870. The molecule has 2 heterocycles.